The number of carboxylic acids is 1. The van der Waals surface area contributed by atoms with Crippen LogP contribution in [0.3, 0.4) is 0 Å². The number of rotatable bonds is 6. The van der Waals surface area contributed by atoms with Crippen LogP contribution in [0.5, 0.6) is 0 Å². The number of carboxylic acid groups (broad SMARTS) is 1. The van der Waals surface area contributed by atoms with Gasteiger partial charge in [-0.2, -0.15) is 0 Å². The van der Waals surface area contributed by atoms with Gasteiger partial charge in [0.15, 0.2) is 0 Å². The molecule has 3 N–H and O–H groups in total. The third-order valence-corrected chi connectivity index (χ3v) is 4.36. The lowest BCUT2D eigenvalue weighted by Crippen LogP contribution is -2.45. The van der Waals surface area contributed by atoms with E-state index in [0.29, 0.717) is 11.0 Å². The van der Waals surface area contributed by atoms with Gasteiger partial charge in [-0.05, 0) is 31.8 Å². The molecule has 0 aromatic carbocycles. The van der Waals surface area contributed by atoms with Crippen LogP contribution in [0.1, 0.15) is 26.7 Å². The summed E-state index contributed by atoms with van der Waals surface area (Å²) in [4.78, 5) is 22.6. The quantitative estimate of drug-likeness (QED) is 0.664. The van der Waals surface area contributed by atoms with E-state index >= 15 is 0 Å². The van der Waals surface area contributed by atoms with Crippen LogP contribution >= 0.6 is 11.8 Å². The molecule has 0 spiro atoms. The lowest BCUT2D eigenvalue weighted by atomic mass is 10.1. The van der Waals surface area contributed by atoms with Crippen molar-refractivity contribution in [3.8, 4) is 0 Å². The maximum Gasteiger partial charge on any atom is 0.326 e. The van der Waals surface area contributed by atoms with Gasteiger partial charge in [-0.25, -0.2) is 4.79 Å². The highest BCUT2D eigenvalue weighted by Gasteiger charge is 2.24. The molecule has 1 atom stereocenters. The van der Waals surface area contributed by atoms with Crippen LogP contribution in [0, 0.1) is 5.92 Å². The first kappa shape index (κ1) is 15.3. The molecule has 1 rings (SSSR count). The first-order valence-electron chi connectivity index (χ1n) is 6.35. The third-order valence-electron chi connectivity index (χ3n) is 2.99. The van der Waals surface area contributed by atoms with E-state index in [4.69, 9.17) is 5.11 Å². The van der Waals surface area contributed by atoms with Crippen molar-refractivity contribution in [1.82, 2.24) is 10.6 Å². The van der Waals surface area contributed by atoms with Crippen molar-refractivity contribution >= 4 is 23.6 Å². The van der Waals surface area contributed by atoms with E-state index in [1.54, 1.807) is 25.6 Å². The molecule has 1 amide bonds. The van der Waals surface area contributed by atoms with E-state index in [1.807, 2.05) is 0 Å². The van der Waals surface area contributed by atoms with Crippen LogP contribution in [0.2, 0.25) is 0 Å². The number of carbonyl (C=O) groups excluding carboxylic acids is 1. The Morgan fingerprint density at radius 2 is 2.00 bits per heavy atom. The van der Waals surface area contributed by atoms with Crippen molar-refractivity contribution in [2.75, 3.05) is 18.8 Å². The number of thioether (sulfide) groups is 1. The zero-order chi connectivity index (χ0) is 13.5. The summed E-state index contributed by atoms with van der Waals surface area (Å²) in [6, 6.07) is -0.786. The van der Waals surface area contributed by atoms with Crippen LogP contribution in [0.25, 0.3) is 0 Å². The Labute approximate surface area is 112 Å². The Hall–Kier alpha value is -0.750. The second-order valence-electron chi connectivity index (χ2n) is 4.89. The Balaban J connectivity index is 2.29. The van der Waals surface area contributed by atoms with Crippen LogP contribution in [-0.2, 0) is 9.59 Å². The van der Waals surface area contributed by atoms with Gasteiger partial charge < -0.3 is 15.7 Å². The van der Waals surface area contributed by atoms with Crippen LogP contribution in [0.15, 0.2) is 0 Å². The number of amides is 1. The molecule has 104 valence electrons. The lowest BCUT2D eigenvalue weighted by Gasteiger charge is -2.22. The van der Waals surface area contributed by atoms with Gasteiger partial charge in [-0.15, -0.1) is 11.8 Å². The summed E-state index contributed by atoms with van der Waals surface area (Å²) in [5, 5.41) is 15.3. The summed E-state index contributed by atoms with van der Waals surface area (Å²) in [6.07, 6.45) is 2.15. The summed E-state index contributed by atoms with van der Waals surface area (Å²) in [6.45, 7) is 5.59. The SMILES string of the molecule is CC(C)C(NC(=O)CSC1CCNCC1)C(=O)O. The summed E-state index contributed by atoms with van der Waals surface area (Å²) < 4.78 is 0. The van der Waals surface area contributed by atoms with Crippen LogP contribution in [-0.4, -0.2) is 47.1 Å². The second kappa shape index (κ2) is 7.63. The average molecular weight is 274 g/mol. The van der Waals surface area contributed by atoms with Crippen molar-refractivity contribution in [2.24, 2.45) is 5.92 Å². The molecule has 5 nitrogen and oxygen atoms in total. The molecule has 1 heterocycles. The van der Waals surface area contributed by atoms with Crippen molar-refractivity contribution < 1.29 is 14.7 Å². The largest absolute Gasteiger partial charge is 0.480 e. The smallest absolute Gasteiger partial charge is 0.326 e. The van der Waals surface area contributed by atoms with Gasteiger partial charge in [0, 0.05) is 5.25 Å². The topological polar surface area (TPSA) is 78.4 Å². The second-order valence-corrected chi connectivity index (χ2v) is 6.18. The zero-order valence-corrected chi connectivity index (χ0v) is 11.8. The van der Waals surface area contributed by atoms with Gasteiger partial charge in [0.05, 0.1) is 5.75 Å². The highest BCUT2D eigenvalue weighted by molar-refractivity contribution is 8.00. The molecule has 0 radical (unpaired) electrons. The lowest BCUT2D eigenvalue weighted by molar-refractivity contribution is -0.142. The minimum absolute atomic E-state index is 0.102. The zero-order valence-electron chi connectivity index (χ0n) is 10.9. The van der Waals surface area contributed by atoms with E-state index < -0.39 is 12.0 Å². The van der Waals surface area contributed by atoms with E-state index in [0.717, 1.165) is 25.9 Å². The normalized spacial score (nSPS) is 18.6. The van der Waals surface area contributed by atoms with E-state index in [1.165, 1.54) is 0 Å². The minimum Gasteiger partial charge on any atom is -0.480 e. The van der Waals surface area contributed by atoms with Gasteiger partial charge in [0.2, 0.25) is 5.91 Å². The summed E-state index contributed by atoms with van der Waals surface area (Å²) in [7, 11) is 0. The molecule has 0 saturated carbocycles. The Bertz CT molecular complexity index is 291. The molecule has 0 aromatic heterocycles. The number of aliphatic carboxylic acids is 1. The standard InChI is InChI=1S/C12H22N2O3S/c1-8(2)11(12(16)17)14-10(15)7-18-9-3-5-13-6-4-9/h8-9,11,13H,3-7H2,1-2H3,(H,14,15)(H,16,17). The Morgan fingerprint density at radius 1 is 1.39 bits per heavy atom. The number of piperidine rings is 1. The minimum atomic E-state index is -0.967. The molecule has 0 bridgehead atoms. The molecule has 0 aliphatic carbocycles. The number of nitrogens with one attached hydrogen (secondary N) is 2. The highest BCUT2D eigenvalue weighted by Crippen LogP contribution is 2.19. The summed E-state index contributed by atoms with van der Waals surface area (Å²) in [5.74, 6) is -0.901. The van der Waals surface area contributed by atoms with Crippen molar-refractivity contribution in [3.05, 3.63) is 0 Å². The molecule has 18 heavy (non-hydrogen) atoms. The van der Waals surface area contributed by atoms with Gasteiger partial charge in [-0.3, -0.25) is 4.79 Å². The molecular formula is C12H22N2O3S. The number of hydrogen-bond donors (Lipinski definition) is 3. The molecule has 1 fully saturated rings. The first-order valence-corrected chi connectivity index (χ1v) is 7.40. The predicted molar refractivity (Wildman–Crippen MR) is 72.8 cm³/mol. The van der Waals surface area contributed by atoms with E-state index in [9.17, 15) is 9.59 Å². The molecule has 1 unspecified atom stereocenters. The third kappa shape index (κ3) is 5.27. The van der Waals surface area contributed by atoms with Crippen LogP contribution in [0.4, 0.5) is 0 Å². The molecule has 6 heteroatoms. The summed E-state index contributed by atoms with van der Waals surface area (Å²) in [5.41, 5.74) is 0. The van der Waals surface area contributed by atoms with Gasteiger partial charge in [0.1, 0.15) is 6.04 Å². The molecule has 0 aromatic rings. The fraction of sp³-hybridized carbons (Fsp3) is 0.833. The maximum atomic E-state index is 11.7. The van der Waals surface area contributed by atoms with Crippen molar-refractivity contribution in [2.45, 2.75) is 38.0 Å². The first-order chi connectivity index (χ1) is 8.50. The van der Waals surface area contributed by atoms with Gasteiger partial charge in [-0.1, -0.05) is 13.8 Å². The van der Waals surface area contributed by atoms with Crippen LogP contribution < -0.4 is 10.6 Å². The average Bonchev–Trinajstić information content (AvgIpc) is 2.34. The number of carbonyl (C=O) groups is 2. The van der Waals surface area contributed by atoms with Gasteiger partial charge in [0.25, 0.3) is 0 Å². The number of hydrogen-bond acceptors (Lipinski definition) is 4. The van der Waals surface area contributed by atoms with E-state index in [-0.39, 0.29) is 11.8 Å². The van der Waals surface area contributed by atoms with Crippen molar-refractivity contribution in [3.63, 3.8) is 0 Å². The van der Waals surface area contributed by atoms with Gasteiger partial charge >= 0.3 is 5.97 Å². The Morgan fingerprint density at radius 3 is 2.50 bits per heavy atom. The van der Waals surface area contributed by atoms with Crippen molar-refractivity contribution in [1.29, 1.82) is 0 Å². The molecule has 1 saturated heterocycles. The Kier molecular flexibility index (Phi) is 6.49. The molecular weight excluding hydrogens is 252 g/mol. The fourth-order valence-electron chi connectivity index (χ4n) is 1.88. The highest BCUT2D eigenvalue weighted by atomic mass is 32.2. The monoisotopic (exact) mass is 274 g/mol. The van der Waals surface area contributed by atoms with E-state index in [2.05, 4.69) is 10.6 Å². The summed E-state index contributed by atoms with van der Waals surface area (Å²) >= 11 is 1.63. The maximum absolute atomic E-state index is 11.7. The molecule has 1 aliphatic heterocycles. The molecule has 1 aliphatic rings. The fourth-order valence-corrected chi connectivity index (χ4v) is 2.92. The predicted octanol–water partition coefficient (Wildman–Crippen LogP) is 0.697.